The topological polar surface area (TPSA) is 24.9 Å². The molecule has 0 saturated heterocycles. The molecule has 3 heteroatoms. The Hall–Kier alpha value is -0.410. The number of pyridine rings is 1. The zero-order chi connectivity index (χ0) is 12.1. The summed E-state index contributed by atoms with van der Waals surface area (Å²) in [4.78, 5) is 4.50. The van der Waals surface area contributed by atoms with Gasteiger partial charge in [-0.05, 0) is 72.8 Å². The Balaban J connectivity index is 1.97. The van der Waals surface area contributed by atoms with Crippen molar-refractivity contribution < 1.29 is 0 Å². The lowest BCUT2D eigenvalue weighted by Gasteiger charge is -2.31. The maximum Gasteiger partial charge on any atom is 0.0413 e. The molecule has 1 saturated carbocycles. The Kier molecular flexibility index (Phi) is 4.99. The molecular formula is C14H21BrN2. The maximum absolute atomic E-state index is 4.50. The van der Waals surface area contributed by atoms with Crippen molar-refractivity contribution in [1.82, 2.24) is 10.3 Å². The van der Waals surface area contributed by atoms with Gasteiger partial charge >= 0.3 is 0 Å². The van der Waals surface area contributed by atoms with Crippen LogP contribution in [0.25, 0.3) is 0 Å². The van der Waals surface area contributed by atoms with Gasteiger partial charge in [0.05, 0.1) is 0 Å². The van der Waals surface area contributed by atoms with Crippen LogP contribution >= 0.6 is 15.9 Å². The summed E-state index contributed by atoms with van der Waals surface area (Å²) < 4.78 is 1.07. The molecule has 0 aromatic carbocycles. The number of aromatic nitrogens is 1. The molecule has 0 aliphatic heterocycles. The SMILES string of the molecule is CNCC1CCCCC1Cc1ccc(Br)cn1. The Labute approximate surface area is 112 Å². The standard InChI is InChI=1S/C14H21BrN2/c1-16-9-12-5-3-2-4-11(12)8-14-7-6-13(15)10-17-14/h6-7,10-12,16H,2-5,8-9H2,1H3. The third-order valence-corrected chi connectivity index (χ3v) is 4.26. The van der Waals surface area contributed by atoms with Gasteiger partial charge in [0.1, 0.15) is 0 Å². The first-order valence-electron chi connectivity index (χ1n) is 6.54. The molecule has 0 bridgehead atoms. The molecule has 2 unspecified atom stereocenters. The summed E-state index contributed by atoms with van der Waals surface area (Å²) >= 11 is 3.43. The van der Waals surface area contributed by atoms with Gasteiger partial charge in [-0.3, -0.25) is 4.98 Å². The first-order chi connectivity index (χ1) is 8.29. The fraction of sp³-hybridized carbons (Fsp3) is 0.643. The second-order valence-corrected chi connectivity index (χ2v) is 5.95. The molecule has 0 amide bonds. The van der Waals surface area contributed by atoms with Gasteiger partial charge in [-0.25, -0.2) is 0 Å². The maximum atomic E-state index is 4.50. The van der Waals surface area contributed by atoms with E-state index in [0.29, 0.717) is 0 Å². The van der Waals surface area contributed by atoms with Gasteiger partial charge < -0.3 is 5.32 Å². The van der Waals surface area contributed by atoms with Gasteiger partial charge in [-0.15, -0.1) is 0 Å². The summed E-state index contributed by atoms with van der Waals surface area (Å²) in [5.41, 5.74) is 1.24. The number of nitrogens with one attached hydrogen (secondary N) is 1. The van der Waals surface area contributed by atoms with Crippen molar-refractivity contribution >= 4 is 15.9 Å². The number of hydrogen-bond donors (Lipinski definition) is 1. The van der Waals surface area contributed by atoms with Crippen LogP contribution in [0.3, 0.4) is 0 Å². The van der Waals surface area contributed by atoms with Crippen molar-refractivity contribution in [1.29, 1.82) is 0 Å². The molecule has 1 aliphatic carbocycles. The molecule has 2 atom stereocenters. The predicted molar refractivity (Wildman–Crippen MR) is 75.0 cm³/mol. The van der Waals surface area contributed by atoms with Crippen LogP contribution < -0.4 is 5.32 Å². The summed E-state index contributed by atoms with van der Waals surface area (Å²) in [5.74, 6) is 1.64. The Morgan fingerprint density at radius 2 is 2.06 bits per heavy atom. The van der Waals surface area contributed by atoms with Gasteiger partial charge in [-0.2, -0.15) is 0 Å². The fourth-order valence-corrected chi connectivity index (χ4v) is 3.11. The summed E-state index contributed by atoms with van der Waals surface area (Å²) in [6, 6.07) is 4.24. The summed E-state index contributed by atoms with van der Waals surface area (Å²) in [6.07, 6.45) is 8.58. The van der Waals surface area contributed by atoms with Crippen LogP contribution in [0.1, 0.15) is 31.4 Å². The van der Waals surface area contributed by atoms with E-state index in [1.165, 1.54) is 31.4 Å². The van der Waals surface area contributed by atoms with E-state index in [2.05, 4.69) is 45.4 Å². The highest BCUT2D eigenvalue weighted by molar-refractivity contribution is 9.10. The van der Waals surface area contributed by atoms with Crippen molar-refractivity contribution in [2.24, 2.45) is 11.8 Å². The average Bonchev–Trinajstić information content (AvgIpc) is 2.35. The van der Waals surface area contributed by atoms with Crippen LogP contribution in [0.15, 0.2) is 22.8 Å². The van der Waals surface area contributed by atoms with Crippen molar-refractivity contribution in [2.75, 3.05) is 13.6 Å². The van der Waals surface area contributed by atoms with Crippen LogP contribution in [0.2, 0.25) is 0 Å². The smallest absolute Gasteiger partial charge is 0.0413 e. The van der Waals surface area contributed by atoms with E-state index < -0.39 is 0 Å². The van der Waals surface area contributed by atoms with E-state index in [9.17, 15) is 0 Å². The highest BCUT2D eigenvalue weighted by atomic mass is 79.9. The van der Waals surface area contributed by atoms with Crippen molar-refractivity contribution in [2.45, 2.75) is 32.1 Å². The largest absolute Gasteiger partial charge is 0.319 e. The van der Waals surface area contributed by atoms with Crippen molar-refractivity contribution in [3.63, 3.8) is 0 Å². The van der Waals surface area contributed by atoms with E-state index in [1.54, 1.807) is 0 Å². The lowest BCUT2D eigenvalue weighted by molar-refractivity contribution is 0.231. The van der Waals surface area contributed by atoms with E-state index in [1.807, 2.05) is 6.20 Å². The molecule has 1 heterocycles. The highest BCUT2D eigenvalue weighted by Gasteiger charge is 2.24. The molecular weight excluding hydrogens is 276 g/mol. The lowest BCUT2D eigenvalue weighted by Crippen LogP contribution is -2.30. The highest BCUT2D eigenvalue weighted by Crippen LogP contribution is 2.31. The van der Waals surface area contributed by atoms with E-state index in [4.69, 9.17) is 0 Å². The third kappa shape index (κ3) is 3.78. The molecule has 2 rings (SSSR count). The molecule has 0 radical (unpaired) electrons. The molecule has 1 aromatic heterocycles. The molecule has 94 valence electrons. The first-order valence-corrected chi connectivity index (χ1v) is 7.34. The van der Waals surface area contributed by atoms with Crippen LogP contribution in [0.4, 0.5) is 0 Å². The van der Waals surface area contributed by atoms with Crippen LogP contribution in [0.5, 0.6) is 0 Å². The quantitative estimate of drug-likeness (QED) is 0.921. The number of nitrogens with zero attached hydrogens (tertiary/aromatic N) is 1. The number of rotatable bonds is 4. The molecule has 17 heavy (non-hydrogen) atoms. The minimum absolute atomic E-state index is 0.810. The van der Waals surface area contributed by atoms with Gasteiger partial charge in [0.25, 0.3) is 0 Å². The van der Waals surface area contributed by atoms with Gasteiger partial charge in [0.15, 0.2) is 0 Å². The van der Waals surface area contributed by atoms with Crippen LogP contribution in [-0.4, -0.2) is 18.6 Å². The van der Waals surface area contributed by atoms with Gasteiger partial charge in [0.2, 0.25) is 0 Å². The van der Waals surface area contributed by atoms with Gasteiger partial charge in [0, 0.05) is 16.4 Å². The summed E-state index contributed by atoms with van der Waals surface area (Å²) in [5, 5.41) is 3.33. The lowest BCUT2D eigenvalue weighted by atomic mass is 9.77. The fourth-order valence-electron chi connectivity index (χ4n) is 2.88. The second kappa shape index (κ2) is 6.50. The number of halogens is 1. The minimum atomic E-state index is 0.810. The Morgan fingerprint density at radius 1 is 1.29 bits per heavy atom. The van der Waals surface area contributed by atoms with E-state index in [0.717, 1.165) is 29.3 Å². The van der Waals surface area contributed by atoms with Crippen LogP contribution in [0, 0.1) is 11.8 Å². The average molecular weight is 297 g/mol. The zero-order valence-electron chi connectivity index (χ0n) is 10.5. The summed E-state index contributed by atoms with van der Waals surface area (Å²) in [7, 11) is 2.06. The summed E-state index contributed by atoms with van der Waals surface area (Å²) in [6.45, 7) is 1.15. The van der Waals surface area contributed by atoms with Crippen molar-refractivity contribution in [3.8, 4) is 0 Å². The molecule has 1 aromatic rings. The molecule has 1 fully saturated rings. The molecule has 0 spiro atoms. The monoisotopic (exact) mass is 296 g/mol. The van der Waals surface area contributed by atoms with E-state index in [-0.39, 0.29) is 0 Å². The van der Waals surface area contributed by atoms with E-state index >= 15 is 0 Å². The zero-order valence-corrected chi connectivity index (χ0v) is 12.0. The molecule has 1 aliphatic rings. The Bertz CT molecular complexity index is 335. The number of hydrogen-bond acceptors (Lipinski definition) is 2. The Morgan fingerprint density at radius 3 is 2.71 bits per heavy atom. The second-order valence-electron chi connectivity index (χ2n) is 5.03. The third-order valence-electron chi connectivity index (χ3n) is 3.79. The van der Waals surface area contributed by atoms with Crippen molar-refractivity contribution in [3.05, 3.63) is 28.5 Å². The van der Waals surface area contributed by atoms with Crippen LogP contribution in [-0.2, 0) is 6.42 Å². The molecule has 2 nitrogen and oxygen atoms in total. The normalized spacial score (nSPS) is 24.8. The molecule has 1 N–H and O–H groups in total. The first kappa shape index (κ1) is 13.0. The predicted octanol–water partition coefficient (Wildman–Crippen LogP) is 3.41. The van der Waals surface area contributed by atoms with Gasteiger partial charge in [-0.1, -0.05) is 12.8 Å². The minimum Gasteiger partial charge on any atom is -0.319 e.